The van der Waals surface area contributed by atoms with E-state index in [1.165, 1.54) is 47.7 Å². The predicted molar refractivity (Wildman–Crippen MR) is 178 cm³/mol. The Balaban J connectivity index is 1.15. The minimum atomic E-state index is 0.676. The smallest absolute Gasteiger partial charge is 0.230 e. The molecule has 42 heavy (non-hydrogen) atoms. The molecule has 218 valence electrons. The van der Waals surface area contributed by atoms with Gasteiger partial charge in [0, 0.05) is 13.1 Å². The van der Waals surface area contributed by atoms with Crippen LogP contribution in [0.1, 0.15) is 56.6 Å². The molecule has 5 rings (SSSR count). The summed E-state index contributed by atoms with van der Waals surface area (Å²) in [6.07, 6.45) is 9.52. The number of aryl methyl sites for hydroxylation is 2. The summed E-state index contributed by atoms with van der Waals surface area (Å²) in [4.78, 5) is 6.82. The molecule has 2 aromatic carbocycles. The van der Waals surface area contributed by atoms with E-state index in [9.17, 15) is 0 Å². The lowest BCUT2D eigenvalue weighted by molar-refractivity contribution is 0.706. The third-order valence-electron chi connectivity index (χ3n) is 6.85. The van der Waals surface area contributed by atoms with E-state index in [-0.39, 0.29) is 0 Å². The highest BCUT2D eigenvalue weighted by atomic mass is 32.2. The zero-order valence-corrected chi connectivity index (χ0v) is 26.8. The van der Waals surface area contributed by atoms with Crippen molar-refractivity contribution in [3.8, 4) is 0 Å². The Hall–Kier alpha value is -3.28. The molecule has 0 aliphatic carbocycles. The highest BCUT2D eigenvalue weighted by Crippen LogP contribution is 2.36. The van der Waals surface area contributed by atoms with Gasteiger partial charge in [-0.15, -0.1) is 32.2 Å². The SMILES string of the molecule is CCCCCCSc1cnc(/N=N/c2ccc(/N=N/c3ccc(/N=N/c4ccc(N5CCCC5)s4)cc3C)cc2C)s1. The molecule has 1 fully saturated rings. The van der Waals surface area contributed by atoms with Gasteiger partial charge in [-0.3, -0.25) is 0 Å². The molecule has 0 radical (unpaired) electrons. The molecular formula is C31H36N8S3. The second-order valence-corrected chi connectivity index (χ2v) is 13.7. The average Bonchev–Trinajstić information content (AvgIpc) is 3.78. The molecule has 2 aromatic heterocycles. The fraction of sp³-hybridized carbons (Fsp3) is 0.387. The van der Waals surface area contributed by atoms with Crippen molar-refractivity contribution in [3.05, 3.63) is 65.9 Å². The molecule has 8 nitrogen and oxygen atoms in total. The van der Waals surface area contributed by atoms with Crippen LogP contribution in [0.3, 0.4) is 0 Å². The largest absolute Gasteiger partial charge is 0.363 e. The number of aromatic nitrogens is 1. The van der Waals surface area contributed by atoms with Crippen molar-refractivity contribution in [2.45, 2.75) is 63.5 Å². The van der Waals surface area contributed by atoms with Crippen molar-refractivity contribution in [1.82, 2.24) is 4.98 Å². The first-order chi connectivity index (χ1) is 20.6. The van der Waals surface area contributed by atoms with Gasteiger partial charge in [0.05, 0.1) is 38.2 Å². The minimum absolute atomic E-state index is 0.676. The van der Waals surface area contributed by atoms with Gasteiger partial charge in [-0.05, 0) is 98.5 Å². The maximum absolute atomic E-state index is 4.48. The lowest BCUT2D eigenvalue weighted by atomic mass is 10.2. The normalized spacial score (nSPS) is 13.9. The molecule has 1 saturated heterocycles. The van der Waals surface area contributed by atoms with Gasteiger partial charge in [-0.1, -0.05) is 48.9 Å². The highest BCUT2D eigenvalue weighted by molar-refractivity contribution is 8.01. The maximum atomic E-state index is 4.48. The van der Waals surface area contributed by atoms with E-state index in [0.29, 0.717) is 5.13 Å². The van der Waals surface area contributed by atoms with E-state index in [2.05, 4.69) is 53.6 Å². The topological polar surface area (TPSA) is 90.3 Å². The first-order valence-corrected chi connectivity index (χ1v) is 17.1. The van der Waals surface area contributed by atoms with Gasteiger partial charge in [0.15, 0.2) is 0 Å². The van der Waals surface area contributed by atoms with Crippen LogP contribution in [0.5, 0.6) is 0 Å². The molecule has 3 heterocycles. The van der Waals surface area contributed by atoms with Crippen molar-refractivity contribution in [2.75, 3.05) is 23.7 Å². The highest BCUT2D eigenvalue weighted by Gasteiger charge is 2.14. The van der Waals surface area contributed by atoms with Crippen molar-refractivity contribution < 1.29 is 0 Å². The van der Waals surface area contributed by atoms with Crippen LogP contribution in [0.4, 0.5) is 37.9 Å². The lowest BCUT2D eigenvalue weighted by Crippen LogP contribution is -2.15. The summed E-state index contributed by atoms with van der Waals surface area (Å²) in [6, 6.07) is 15.8. The van der Waals surface area contributed by atoms with Crippen molar-refractivity contribution in [2.24, 2.45) is 30.7 Å². The van der Waals surface area contributed by atoms with Gasteiger partial charge in [-0.2, -0.15) is 10.2 Å². The van der Waals surface area contributed by atoms with Crippen LogP contribution < -0.4 is 4.90 Å². The number of thioether (sulfide) groups is 1. The lowest BCUT2D eigenvalue weighted by Gasteiger charge is -2.13. The van der Waals surface area contributed by atoms with E-state index in [1.54, 1.807) is 22.7 Å². The zero-order chi connectivity index (χ0) is 29.1. The number of azo groups is 3. The van der Waals surface area contributed by atoms with Gasteiger partial charge in [0.1, 0.15) is 5.00 Å². The maximum Gasteiger partial charge on any atom is 0.230 e. The van der Waals surface area contributed by atoms with Gasteiger partial charge >= 0.3 is 0 Å². The number of anilines is 1. The molecular weight excluding hydrogens is 581 g/mol. The molecule has 11 heteroatoms. The molecule has 1 aliphatic rings. The standard InChI is InChI=1S/C31H36N8S3/c1-4-5-6-9-18-40-30-21-32-31(42-30)38-36-27-13-10-24(19-23(27)3)33-35-26-12-11-25(20-22(26)2)34-37-28-14-15-29(41-28)39-16-7-8-17-39/h10-15,19-21H,4-9,16-18H2,1-3H3/b35-33+,37-34+,38-36+. The summed E-state index contributed by atoms with van der Waals surface area (Å²) in [7, 11) is 0. The van der Waals surface area contributed by atoms with Gasteiger partial charge in [-0.25, -0.2) is 4.98 Å². The van der Waals surface area contributed by atoms with Crippen LogP contribution in [0, 0.1) is 13.8 Å². The summed E-state index contributed by atoms with van der Waals surface area (Å²) in [5.41, 5.74) is 5.12. The molecule has 0 amide bonds. The van der Waals surface area contributed by atoms with Crippen LogP contribution in [0.2, 0.25) is 0 Å². The predicted octanol–water partition coefficient (Wildman–Crippen LogP) is 12.3. The van der Waals surface area contributed by atoms with Crippen LogP contribution in [0.25, 0.3) is 0 Å². The van der Waals surface area contributed by atoms with Gasteiger partial charge < -0.3 is 4.90 Å². The molecule has 1 aliphatic heterocycles. The molecule has 0 spiro atoms. The Morgan fingerprint density at radius 2 is 1.45 bits per heavy atom. The molecule has 0 N–H and O–H groups in total. The number of thiophene rings is 1. The average molecular weight is 617 g/mol. The summed E-state index contributed by atoms with van der Waals surface area (Å²) < 4.78 is 1.19. The molecule has 0 bridgehead atoms. The van der Waals surface area contributed by atoms with Crippen LogP contribution in [-0.2, 0) is 0 Å². The van der Waals surface area contributed by atoms with Gasteiger partial charge in [0.25, 0.3) is 0 Å². The Bertz CT molecular complexity index is 1550. The first kappa shape index (κ1) is 30.2. The fourth-order valence-corrected chi connectivity index (χ4v) is 7.23. The number of benzene rings is 2. The van der Waals surface area contributed by atoms with Crippen molar-refractivity contribution >= 4 is 72.3 Å². The Morgan fingerprint density at radius 3 is 2.14 bits per heavy atom. The van der Waals surface area contributed by atoms with E-state index in [4.69, 9.17) is 0 Å². The number of nitrogens with zero attached hydrogens (tertiary/aromatic N) is 8. The van der Waals surface area contributed by atoms with Gasteiger partial charge in [0.2, 0.25) is 5.13 Å². The van der Waals surface area contributed by atoms with E-state index in [1.807, 2.05) is 74.3 Å². The fourth-order valence-electron chi connectivity index (χ4n) is 4.49. The number of thiazole rings is 1. The van der Waals surface area contributed by atoms with Crippen LogP contribution >= 0.6 is 34.4 Å². The van der Waals surface area contributed by atoms with E-state index in [0.717, 1.165) is 57.7 Å². The van der Waals surface area contributed by atoms with Crippen molar-refractivity contribution in [1.29, 1.82) is 0 Å². The van der Waals surface area contributed by atoms with E-state index >= 15 is 0 Å². The second kappa shape index (κ2) is 15.3. The molecule has 0 atom stereocenters. The second-order valence-electron chi connectivity index (χ2n) is 10.2. The minimum Gasteiger partial charge on any atom is -0.363 e. The molecule has 0 saturated carbocycles. The zero-order valence-electron chi connectivity index (χ0n) is 24.4. The third-order valence-corrected chi connectivity index (χ3v) is 10.0. The van der Waals surface area contributed by atoms with Crippen LogP contribution in [0.15, 0.2) is 89.6 Å². The monoisotopic (exact) mass is 616 g/mol. The number of rotatable bonds is 13. The molecule has 4 aromatic rings. The number of hydrogen-bond donors (Lipinski definition) is 0. The first-order valence-electron chi connectivity index (χ1n) is 14.5. The quantitative estimate of drug-likeness (QED) is 0.0850. The summed E-state index contributed by atoms with van der Waals surface area (Å²) >= 11 is 5.12. The molecule has 0 unspecified atom stereocenters. The van der Waals surface area contributed by atoms with Crippen LogP contribution in [-0.4, -0.2) is 23.8 Å². The Morgan fingerprint density at radius 1 is 0.762 bits per heavy atom. The van der Waals surface area contributed by atoms with Crippen molar-refractivity contribution in [3.63, 3.8) is 0 Å². The van der Waals surface area contributed by atoms with E-state index < -0.39 is 0 Å². The number of hydrogen-bond acceptors (Lipinski definition) is 11. The Labute approximate surface area is 260 Å². The summed E-state index contributed by atoms with van der Waals surface area (Å²) in [5.74, 6) is 1.12. The summed E-state index contributed by atoms with van der Waals surface area (Å²) in [5, 5.41) is 29.5. The summed E-state index contributed by atoms with van der Waals surface area (Å²) in [6.45, 7) is 8.51. The number of unbranched alkanes of at least 4 members (excludes halogenated alkanes) is 3. The Kier molecular flexibility index (Phi) is 11.0. The third kappa shape index (κ3) is 8.62.